The molecular formula is C21H38N2O3. The Labute approximate surface area is 159 Å². The van der Waals surface area contributed by atoms with Crippen molar-refractivity contribution in [2.24, 2.45) is 11.8 Å². The first kappa shape index (κ1) is 20.1. The number of rotatable bonds is 7. The van der Waals surface area contributed by atoms with Crippen LogP contribution in [0.25, 0.3) is 0 Å². The van der Waals surface area contributed by atoms with E-state index in [9.17, 15) is 4.79 Å². The monoisotopic (exact) mass is 366 g/mol. The van der Waals surface area contributed by atoms with Crippen LogP contribution < -0.4 is 0 Å². The molecule has 3 aliphatic rings. The van der Waals surface area contributed by atoms with Gasteiger partial charge in [-0.15, -0.1) is 0 Å². The van der Waals surface area contributed by atoms with Gasteiger partial charge in [0.1, 0.15) is 0 Å². The number of hydrogen-bond acceptors (Lipinski definition) is 4. The minimum absolute atomic E-state index is 0.317. The highest BCUT2D eigenvalue weighted by Gasteiger charge is 2.48. The van der Waals surface area contributed by atoms with Gasteiger partial charge in [0.05, 0.1) is 13.2 Å². The average molecular weight is 367 g/mol. The molecule has 3 rings (SSSR count). The minimum atomic E-state index is -0.317. The van der Waals surface area contributed by atoms with Crippen molar-refractivity contribution in [1.29, 1.82) is 0 Å². The lowest BCUT2D eigenvalue weighted by atomic mass is 9.72. The second kappa shape index (κ2) is 9.03. The van der Waals surface area contributed by atoms with Crippen molar-refractivity contribution in [2.45, 2.75) is 77.0 Å². The van der Waals surface area contributed by atoms with Crippen molar-refractivity contribution in [3.63, 3.8) is 0 Å². The van der Waals surface area contributed by atoms with Gasteiger partial charge < -0.3 is 14.4 Å². The van der Waals surface area contributed by atoms with Crippen LogP contribution in [0.5, 0.6) is 0 Å². The van der Waals surface area contributed by atoms with Crippen molar-refractivity contribution in [3.8, 4) is 0 Å². The van der Waals surface area contributed by atoms with Crippen LogP contribution in [-0.2, 0) is 14.3 Å². The van der Waals surface area contributed by atoms with Crippen LogP contribution in [0.1, 0.15) is 65.2 Å². The molecule has 2 aliphatic heterocycles. The molecular weight excluding hydrogens is 328 g/mol. The number of nitrogens with zero attached hydrogens (tertiary/aromatic N) is 2. The molecule has 1 amide bonds. The van der Waals surface area contributed by atoms with Gasteiger partial charge in [-0.2, -0.15) is 0 Å². The summed E-state index contributed by atoms with van der Waals surface area (Å²) in [6.07, 6.45) is 8.45. The van der Waals surface area contributed by atoms with Gasteiger partial charge in [-0.25, -0.2) is 0 Å². The fourth-order valence-electron chi connectivity index (χ4n) is 5.31. The van der Waals surface area contributed by atoms with E-state index in [0.717, 1.165) is 65.0 Å². The smallest absolute Gasteiger partial charge is 0.222 e. The number of piperidine rings is 1. The number of amides is 1. The van der Waals surface area contributed by atoms with Gasteiger partial charge in [0.15, 0.2) is 5.79 Å². The Kier molecular flexibility index (Phi) is 6.98. The summed E-state index contributed by atoms with van der Waals surface area (Å²) in [4.78, 5) is 17.3. The second-order valence-electron chi connectivity index (χ2n) is 8.65. The van der Waals surface area contributed by atoms with Crippen molar-refractivity contribution in [2.75, 3.05) is 39.9 Å². The van der Waals surface area contributed by atoms with E-state index in [1.807, 2.05) is 11.9 Å². The fourth-order valence-corrected chi connectivity index (χ4v) is 5.31. The third-order valence-corrected chi connectivity index (χ3v) is 6.60. The lowest BCUT2D eigenvalue weighted by Gasteiger charge is -2.51. The highest BCUT2D eigenvalue weighted by atomic mass is 16.7. The molecule has 3 fully saturated rings. The van der Waals surface area contributed by atoms with Crippen LogP contribution in [0.15, 0.2) is 0 Å². The first-order chi connectivity index (χ1) is 12.6. The summed E-state index contributed by atoms with van der Waals surface area (Å²) >= 11 is 0. The standard InChI is InChI=1S/C21H38N2O3/c1-4-6-10-22(3)20(24)14-17-13-18-15-21(25-11-12-26-21)8-7-19(18)23(16-17)9-5-2/h17-19H,4-16H2,1-3H3/t17-,18-,19-/m1/s1. The van der Waals surface area contributed by atoms with Crippen molar-refractivity contribution < 1.29 is 14.3 Å². The largest absolute Gasteiger partial charge is 0.348 e. The molecule has 5 heteroatoms. The Morgan fingerprint density at radius 2 is 2.00 bits per heavy atom. The van der Waals surface area contributed by atoms with E-state index in [0.29, 0.717) is 30.2 Å². The van der Waals surface area contributed by atoms with Crippen LogP contribution in [0, 0.1) is 11.8 Å². The molecule has 0 N–H and O–H groups in total. The predicted octanol–water partition coefficient (Wildman–Crippen LogP) is 3.28. The molecule has 26 heavy (non-hydrogen) atoms. The van der Waals surface area contributed by atoms with Gasteiger partial charge in [-0.1, -0.05) is 20.3 Å². The van der Waals surface area contributed by atoms with E-state index >= 15 is 0 Å². The van der Waals surface area contributed by atoms with E-state index < -0.39 is 0 Å². The fraction of sp³-hybridized carbons (Fsp3) is 0.952. The van der Waals surface area contributed by atoms with Crippen LogP contribution in [0.4, 0.5) is 0 Å². The van der Waals surface area contributed by atoms with Crippen molar-refractivity contribution >= 4 is 5.91 Å². The molecule has 5 nitrogen and oxygen atoms in total. The first-order valence-corrected chi connectivity index (χ1v) is 10.8. The Hall–Kier alpha value is -0.650. The summed E-state index contributed by atoms with van der Waals surface area (Å²) in [6.45, 7) is 9.02. The number of likely N-dealkylation sites (tertiary alicyclic amines) is 1. The Balaban J connectivity index is 1.62. The highest BCUT2D eigenvalue weighted by molar-refractivity contribution is 5.76. The van der Waals surface area contributed by atoms with E-state index in [1.165, 1.54) is 12.8 Å². The number of ether oxygens (including phenoxy) is 2. The average Bonchev–Trinajstić information content (AvgIpc) is 3.07. The number of hydrogen-bond donors (Lipinski definition) is 0. The molecule has 0 aromatic rings. The Morgan fingerprint density at radius 3 is 2.69 bits per heavy atom. The van der Waals surface area contributed by atoms with Gasteiger partial charge in [0.25, 0.3) is 0 Å². The highest BCUT2D eigenvalue weighted by Crippen LogP contribution is 2.45. The van der Waals surface area contributed by atoms with E-state index in [1.54, 1.807) is 0 Å². The van der Waals surface area contributed by atoms with Crippen LogP contribution in [0.2, 0.25) is 0 Å². The molecule has 2 heterocycles. The number of carbonyl (C=O) groups excluding carboxylic acids is 1. The molecule has 1 aliphatic carbocycles. The van der Waals surface area contributed by atoms with Gasteiger partial charge in [0, 0.05) is 45.4 Å². The van der Waals surface area contributed by atoms with Gasteiger partial charge in [-0.3, -0.25) is 9.69 Å². The molecule has 1 saturated carbocycles. The van der Waals surface area contributed by atoms with Crippen LogP contribution in [0.3, 0.4) is 0 Å². The maximum atomic E-state index is 12.6. The summed E-state index contributed by atoms with van der Waals surface area (Å²) in [7, 11) is 1.96. The summed E-state index contributed by atoms with van der Waals surface area (Å²) in [5.74, 6) is 1.07. The van der Waals surface area contributed by atoms with Crippen LogP contribution >= 0.6 is 0 Å². The van der Waals surface area contributed by atoms with Gasteiger partial charge in [-0.05, 0) is 44.1 Å². The number of carbonyl (C=O) groups is 1. The summed E-state index contributed by atoms with van der Waals surface area (Å²) in [6, 6.07) is 0.651. The Morgan fingerprint density at radius 1 is 1.23 bits per heavy atom. The molecule has 3 atom stereocenters. The van der Waals surface area contributed by atoms with E-state index in [2.05, 4.69) is 18.7 Å². The molecule has 2 saturated heterocycles. The van der Waals surface area contributed by atoms with Crippen molar-refractivity contribution in [1.82, 2.24) is 9.80 Å². The quantitative estimate of drug-likeness (QED) is 0.693. The third kappa shape index (κ3) is 4.60. The van der Waals surface area contributed by atoms with Crippen LogP contribution in [-0.4, -0.2) is 67.4 Å². The predicted molar refractivity (Wildman–Crippen MR) is 103 cm³/mol. The zero-order valence-electron chi connectivity index (χ0n) is 17.0. The summed E-state index contributed by atoms with van der Waals surface area (Å²) < 4.78 is 12.0. The van der Waals surface area contributed by atoms with Gasteiger partial charge >= 0.3 is 0 Å². The van der Waals surface area contributed by atoms with Gasteiger partial charge in [0.2, 0.25) is 5.91 Å². The summed E-state index contributed by atoms with van der Waals surface area (Å²) in [5, 5.41) is 0. The zero-order chi connectivity index (χ0) is 18.6. The molecule has 0 bridgehead atoms. The number of unbranched alkanes of at least 4 members (excludes halogenated alkanes) is 1. The molecule has 150 valence electrons. The van der Waals surface area contributed by atoms with Crippen molar-refractivity contribution in [3.05, 3.63) is 0 Å². The molecule has 0 unspecified atom stereocenters. The third-order valence-electron chi connectivity index (χ3n) is 6.60. The SMILES string of the molecule is CCCCN(C)C(=O)C[C@H]1C[C@@H]2CC3(CC[C@H]2N(CCC)C1)OCCO3. The maximum absolute atomic E-state index is 12.6. The zero-order valence-corrected chi connectivity index (χ0v) is 17.0. The van der Waals surface area contributed by atoms with E-state index in [-0.39, 0.29) is 5.79 Å². The normalized spacial score (nSPS) is 31.1. The lowest BCUT2D eigenvalue weighted by molar-refractivity contribution is -0.203. The molecule has 0 aromatic carbocycles. The molecule has 1 spiro atoms. The maximum Gasteiger partial charge on any atom is 0.222 e. The number of fused-ring (bicyclic) bond motifs is 1. The summed E-state index contributed by atoms with van der Waals surface area (Å²) in [5.41, 5.74) is 0. The lowest BCUT2D eigenvalue weighted by Crippen LogP contribution is -2.55. The Bertz CT molecular complexity index is 464. The minimum Gasteiger partial charge on any atom is -0.348 e. The second-order valence-corrected chi connectivity index (χ2v) is 8.65. The molecule has 0 radical (unpaired) electrons. The molecule has 0 aromatic heterocycles. The first-order valence-electron chi connectivity index (χ1n) is 10.8. The van der Waals surface area contributed by atoms with E-state index in [4.69, 9.17) is 9.47 Å². The topological polar surface area (TPSA) is 42.0 Å².